The first kappa shape index (κ1) is 16.3. The van der Waals surface area contributed by atoms with Gasteiger partial charge in [0, 0.05) is 23.2 Å². The molecule has 2 atom stereocenters. The van der Waals surface area contributed by atoms with E-state index in [2.05, 4.69) is 29.3 Å². The van der Waals surface area contributed by atoms with Crippen molar-refractivity contribution in [3.63, 3.8) is 0 Å². The molecule has 0 saturated carbocycles. The molecule has 4 nitrogen and oxygen atoms in total. The Kier molecular flexibility index (Phi) is 6.54. The summed E-state index contributed by atoms with van der Waals surface area (Å²) < 4.78 is 0. The summed E-state index contributed by atoms with van der Waals surface area (Å²) in [5, 5.41) is 12.3. The molecule has 0 bridgehead atoms. The number of likely N-dealkylation sites (tertiary alicyclic amines) is 1. The second-order valence-corrected chi connectivity index (χ2v) is 6.67. The highest BCUT2D eigenvalue weighted by Gasteiger charge is 2.31. The molecule has 2 rings (SSSR count). The summed E-state index contributed by atoms with van der Waals surface area (Å²) in [6.07, 6.45) is 1.06. The number of carbonyl (C=O) groups is 1. The predicted octanol–water partition coefficient (Wildman–Crippen LogP) is 1.60. The molecule has 1 aliphatic rings. The third kappa shape index (κ3) is 5.02. The topological polar surface area (TPSA) is 52.6 Å². The lowest BCUT2D eigenvalue weighted by molar-refractivity contribution is -0.122. The van der Waals surface area contributed by atoms with E-state index in [-0.39, 0.29) is 18.6 Å². The predicted molar refractivity (Wildman–Crippen MR) is 86.4 cm³/mol. The summed E-state index contributed by atoms with van der Waals surface area (Å²) in [6.45, 7) is 4.24. The van der Waals surface area contributed by atoms with Gasteiger partial charge in [-0.2, -0.15) is 0 Å². The average Bonchev–Trinajstić information content (AvgIpc) is 2.84. The van der Waals surface area contributed by atoms with E-state index in [1.54, 1.807) is 11.8 Å². The Morgan fingerprint density at radius 3 is 2.90 bits per heavy atom. The molecule has 1 aliphatic heterocycles. The van der Waals surface area contributed by atoms with Crippen LogP contribution in [0.2, 0.25) is 0 Å². The van der Waals surface area contributed by atoms with Crippen molar-refractivity contribution < 1.29 is 9.90 Å². The first-order chi connectivity index (χ1) is 10.2. The van der Waals surface area contributed by atoms with E-state index in [1.807, 2.05) is 18.2 Å². The van der Waals surface area contributed by atoms with Crippen LogP contribution in [0.15, 0.2) is 35.2 Å². The number of rotatable bonds is 7. The van der Waals surface area contributed by atoms with Crippen LogP contribution in [0.1, 0.15) is 13.3 Å². The molecule has 1 fully saturated rings. The van der Waals surface area contributed by atoms with Gasteiger partial charge in [-0.15, -0.1) is 11.8 Å². The van der Waals surface area contributed by atoms with Gasteiger partial charge in [0.15, 0.2) is 0 Å². The Hall–Kier alpha value is -1.04. The van der Waals surface area contributed by atoms with E-state index in [0.717, 1.165) is 18.7 Å². The zero-order valence-electron chi connectivity index (χ0n) is 12.5. The Morgan fingerprint density at radius 2 is 2.19 bits per heavy atom. The van der Waals surface area contributed by atoms with Crippen LogP contribution in [0.25, 0.3) is 0 Å². The van der Waals surface area contributed by atoms with Gasteiger partial charge in [-0.05, 0) is 31.0 Å². The lowest BCUT2D eigenvalue weighted by Gasteiger charge is -2.24. The average molecular weight is 308 g/mol. The van der Waals surface area contributed by atoms with Gasteiger partial charge in [-0.3, -0.25) is 9.69 Å². The maximum atomic E-state index is 11.9. The second-order valence-electron chi connectivity index (χ2n) is 5.50. The summed E-state index contributed by atoms with van der Waals surface area (Å²) >= 11 is 1.74. The molecule has 2 unspecified atom stereocenters. The van der Waals surface area contributed by atoms with E-state index in [0.29, 0.717) is 19.0 Å². The number of hydrogen-bond donors (Lipinski definition) is 2. The Bertz CT molecular complexity index is 441. The summed E-state index contributed by atoms with van der Waals surface area (Å²) in [6, 6.07) is 10.3. The summed E-state index contributed by atoms with van der Waals surface area (Å²) in [7, 11) is 0. The number of carbonyl (C=O) groups excluding carboxylic acids is 1. The van der Waals surface area contributed by atoms with E-state index >= 15 is 0 Å². The van der Waals surface area contributed by atoms with Crippen LogP contribution in [-0.2, 0) is 4.79 Å². The number of nitrogens with one attached hydrogen (secondary N) is 1. The molecule has 0 spiro atoms. The largest absolute Gasteiger partial charge is 0.395 e. The molecule has 0 aromatic heterocycles. The molecule has 2 N–H and O–H groups in total. The van der Waals surface area contributed by atoms with Gasteiger partial charge < -0.3 is 10.4 Å². The van der Waals surface area contributed by atoms with Crippen molar-refractivity contribution in [2.45, 2.75) is 24.3 Å². The summed E-state index contributed by atoms with van der Waals surface area (Å²) in [5.41, 5.74) is 0. The number of aliphatic hydroxyl groups excluding tert-OH is 1. The van der Waals surface area contributed by atoms with E-state index in [4.69, 9.17) is 0 Å². The normalized spacial score (nSPS) is 22.4. The highest BCUT2D eigenvalue weighted by atomic mass is 32.2. The van der Waals surface area contributed by atoms with Crippen molar-refractivity contribution in [1.29, 1.82) is 0 Å². The molecule has 1 aromatic carbocycles. The van der Waals surface area contributed by atoms with Crippen molar-refractivity contribution in [2.75, 3.05) is 32.0 Å². The highest BCUT2D eigenvalue weighted by Crippen LogP contribution is 2.22. The van der Waals surface area contributed by atoms with Gasteiger partial charge >= 0.3 is 0 Å². The molecule has 5 heteroatoms. The van der Waals surface area contributed by atoms with Gasteiger partial charge in [-0.25, -0.2) is 0 Å². The maximum Gasteiger partial charge on any atom is 0.234 e. The van der Waals surface area contributed by atoms with Crippen LogP contribution in [0.3, 0.4) is 0 Å². The molecule has 0 aliphatic carbocycles. The third-order valence-electron chi connectivity index (χ3n) is 3.97. The molecule has 1 heterocycles. The Morgan fingerprint density at radius 1 is 1.43 bits per heavy atom. The zero-order chi connectivity index (χ0) is 15.1. The van der Waals surface area contributed by atoms with Crippen LogP contribution in [0.4, 0.5) is 0 Å². The number of benzene rings is 1. The fourth-order valence-electron chi connectivity index (χ4n) is 2.70. The standard InChI is InChI=1S/C16H24N2O2S/c1-13-7-9-18(15(13)12-19)11-16(20)17-8-10-21-14-5-3-2-4-6-14/h2-6,13,15,19H,7-12H2,1H3,(H,17,20). The Balaban J connectivity index is 1.64. The number of amides is 1. The summed E-state index contributed by atoms with van der Waals surface area (Å²) in [4.78, 5) is 15.2. The van der Waals surface area contributed by atoms with Crippen molar-refractivity contribution >= 4 is 17.7 Å². The van der Waals surface area contributed by atoms with E-state index in [1.165, 1.54) is 4.90 Å². The number of hydrogen-bond acceptors (Lipinski definition) is 4. The number of nitrogens with zero attached hydrogens (tertiary/aromatic N) is 1. The lowest BCUT2D eigenvalue weighted by Crippen LogP contribution is -2.43. The van der Waals surface area contributed by atoms with Crippen LogP contribution in [0, 0.1) is 5.92 Å². The lowest BCUT2D eigenvalue weighted by atomic mass is 10.0. The summed E-state index contributed by atoms with van der Waals surface area (Å²) in [5.74, 6) is 1.39. The van der Waals surface area contributed by atoms with Gasteiger partial charge in [0.25, 0.3) is 0 Å². The first-order valence-electron chi connectivity index (χ1n) is 7.50. The molecule has 1 saturated heterocycles. The maximum absolute atomic E-state index is 11.9. The SMILES string of the molecule is CC1CCN(CC(=O)NCCSc2ccccc2)C1CO. The second kappa shape index (κ2) is 8.41. The molecule has 1 aromatic rings. The number of aliphatic hydroxyl groups is 1. The minimum absolute atomic E-state index is 0.0520. The van der Waals surface area contributed by atoms with Crippen molar-refractivity contribution in [2.24, 2.45) is 5.92 Å². The Labute approximate surface area is 130 Å². The zero-order valence-corrected chi connectivity index (χ0v) is 13.3. The van der Waals surface area contributed by atoms with Crippen LogP contribution in [0.5, 0.6) is 0 Å². The van der Waals surface area contributed by atoms with E-state index in [9.17, 15) is 9.90 Å². The molecule has 116 valence electrons. The molecule has 1 amide bonds. The van der Waals surface area contributed by atoms with Crippen molar-refractivity contribution in [3.8, 4) is 0 Å². The number of thioether (sulfide) groups is 1. The fourth-order valence-corrected chi connectivity index (χ4v) is 3.49. The first-order valence-corrected chi connectivity index (χ1v) is 8.48. The highest BCUT2D eigenvalue weighted by molar-refractivity contribution is 7.99. The fraction of sp³-hybridized carbons (Fsp3) is 0.562. The molecule has 0 radical (unpaired) electrons. The van der Waals surface area contributed by atoms with Gasteiger partial charge in [0.05, 0.1) is 13.2 Å². The molecular formula is C16H24N2O2S. The third-order valence-corrected chi connectivity index (χ3v) is 4.98. The van der Waals surface area contributed by atoms with Gasteiger partial charge in [-0.1, -0.05) is 25.1 Å². The van der Waals surface area contributed by atoms with Gasteiger partial charge in [0.1, 0.15) is 0 Å². The van der Waals surface area contributed by atoms with Crippen molar-refractivity contribution in [1.82, 2.24) is 10.2 Å². The van der Waals surface area contributed by atoms with Crippen molar-refractivity contribution in [3.05, 3.63) is 30.3 Å². The monoisotopic (exact) mass is 308 g/mol. The minimum Gasteiger partial charge on any atom is -0.395 e. The van der Waals surface area contributed by atoms with Crippen LogP contribution in [-0.4, -0.2) is 53.9 Å². The van der Waals surface area contributed by atoms with Gasteiger partial charge in [0.2, 0.25) is 5.91 Å². The van der Waals surface area contributed by atoms with E-state index < -0.39 is 0 Å². The minimum atomic E-state index is 0.0520. The quantitative estimate of drug-likeness (QED) is 0.593. The van der Waals surface area contributed by atoms with Crippen LogP contribution >= 0.6 is 11.8 Å². The molecular weight excluding hydrogens is 284 g/mol. The smallest absolute Gasteiger partial charge is 0.234 e. The molecule has 21 heavy (non-hydrogen) atoms. The van der Waals surface area contributed by atoms with Crippen LogP contribution < -0.4 is 5.32 Å².